The van der Waals surface area contributed by atoms with Crippen LogP contribution in [0.4, 0.5) is 0 Å². The zero-order chi connectivity index (χ0) is 41.8. The molecule has 312 valence electrons. The number of nitrogens with zero attached hydrogens (tertiary/aromatic N) is 4. The van der Waals surface area contributed by atoms with Crippen LogP contribution in [-0.2, 0) is 48.0 Å². The van der Waals surface area contributed by atoms with Crippen LogP contribution in [0.25, 0.3) is 0 Å². The highest BCUT2D eigenvalue weighted by Gasteiger charge is 2.43. The van der Waals surface area contributed by atoms with Crippen LogP contribution >= 0.6 is 0 Å². The Morgan fingerprint density at radius 1 is 0.828 bits per heavy atom. The smallest absolute Gasteiger partial charge is 0.256 e. The van der Waals surface area contributed by atoms with Crippen molar-refractivity contribution in [1.29, 1.82) is 0 Å². The number of imidazole rings is 1. The molecular weight excluding hydrogens is 741 g/mol. The maximum absolute atomic E-state index is 14.6. The van der Waals surface area contributed by atoms with E-state index in [9.17, 15) is 28.8 Å². The van der Waals surface area contributed by atoms with E-state index in [1.807, 2.05) is 74.5 Å². The molecule has 2 aromatic carbocycles. The lowest BCUT2D eigenvalue weighted by Crippen LogP contribution is -2.62. The highest BCUT2D eigenvalue weighted by Crippen LogP contribution is 2.24. The van der Waals surface area contributed by atoms with Gasteiger partial charge in [0.25, 0.3) is 5.91 Å². The second kappa shape index (κ2) is 20.7. The SMILES string of the molecule is CCC(C)[C@H](NC(=O)[C@H](N)Cc1ccccc1)C(=O)N1CCCC[C@@H]1C(=O)N[C@@H](Cc1cnc[nH]1)C(=O)N(C)[C@H](Cc1ccccc1)C(=O)N1CCC[C@H]1C(=O)NN. The first kappa shape index (κ1) is 43.5. The largest absolute Gasteiger partial charge is 0.348 e. The molecule has 16 nitrogen and oxygen atoms in total. The predicted molar refractivity (Wildman–Crippen MR) is 217 cm³/mol. The Balaban J connectivity index is 1.38. The number of nitrogens with one attached hydrogen (secondary N) is 4. The third-order valence-corrected chi connectivity index (χ3v) is 11.4. The molecule has 6 amide bonds. The van der Waals surface area contributed by atoms with Gasteiger partial charge in [0.05, 0.1) is 12.4 Å². The van der Waals surface area contributed by atoms with Crippen molar-refractivity contribution in [2.75, 3.05) is 20.1 Å². The molecule has 0 saturated carbocycles. The lowest BCUT2D eigenvalue weighted by Gasteiger charge is -2.39. The molecule has 58 heavy (non-hydrogen) atoms. The van der Waals surface area contributed by atoms with Crippen LogP contribution in [0.15, 0.2) is 73.2 Å². The van der Waals surface area contributed by atoms with Gasteiger partial charge in [-0.25, -0.2) is 10.8 Å². The van der Waals surface area contributed by atoms with E-state index < -0.39 is 71.7 Å². The van der Waals surface area contributed by atoms with Crippen molar-refractivity contribution in [1.82, 2.24) is 40.7 Å². The molecule has 3 aromatic rings. The molecule has 0 spiro atoms. The van der Waals surface area contributed by atoms with Gasteiger partial charge in [-0.3, -0.25) is 34.2 Å². The second-order valence-corrected chi connectivity index (χ2v) is 15.4. The van der Waals surface area contributed by atoms with Crippen LogP contribution in [0.2, 0.25) is 0 Å². The molecule has 7 atom stereocenters. The van der Waals surface area contributed by atoms with Crippen LogP contribution in [0.1, 0.15) is 69.2 Å². The Hall–Kier alpha value is -5.61. The van der Waals surface area contributed by atoms with Crippen molar-refractivity contribution in [2.45, 2.75) is 108 Å². The third kappa shape index (κ3) is 10.9. The minimum absolute atomic E-state index is 0.0224. The van der Waals surface area contributed by atoms with E-state index in [4.69, 9.17) is 11.6 Å². The summed E-state index contributed by atoms with van der Waals surface area (Å²) in [6, 6.07) is 12.9. The fraction of sp³-hybridized carbons (Fsp3) is 0.500. The number of benzene rings is 2. The lowest BCUT2D eigenvalue weighted by molar-refractivity contribution is -0.150. The maximum atomic E-state index is 14.6. The fourth-order valence-corrected chi connectivity index (χ4v) is 7.85. The van der Waals surface area contributed by atoms with Gasteiger partial charge in [-0.05, 0) is 55.6 Å². The normalized spacial score (nSPS) is 19.3. The Morgan fingerprint density at radius 3 is 2.05 bits per heavy atom. The zero-order valence-corrected chi connectivity index (χ0v) is 33.6. The van der Waals surface area contributed by atoms with Crippen LogP contribution in [-0.4, -0.2) is 116 Å². The van der Waals surface area contributed by atoms with Gasteiger partial charge in [0, 0.05) is 44.9 Å². The summed E-state index contributed by atoms with van der Waals surface area (Å²) in [4.78, 5) is 95.2. The Morgan fingerprint density at radius 2 is 1.43 bits per heavy atom. The molecule has 5 rings (SSSR count). The number of carbonyl (C=O) groups excluding carboxylic acids is 6. The third-order valence-electron chi connectivity index (χ3n) is 11.4. The van der Waals surface area contributed by atoms with Crippen molar-refractivity contribution in [2.24, 2.45) is 17.5 Å². The Labute approximate surface area is 339 Å². The fourth-order valence-electron chi connectivity index (χ4n) is 7.85. The van der Waals surface area contributed by atoms with Gasteiger partial charge in [0.15, 0.2) is 0 Å². The summed E-state index contributed by atoms with van der Waals surface area (Å²) in [7, 11) is 1.52. The number of rotatable bonds is 17. The first-order valence-corrected chi connectivity index (χ1v) is 20.2. The molecule has 1 aromatic heterocycles. The van der Waals surface area contributed by atoms with Gasteiger partial charge in [-0.15, -0.1) is 0 Å². The number of hydrazine groups is 1. The number of likely N-dealkylation sites (tertiary alicyclic amines) is 2. The highest BCUT2D eigenvalue weighted by molar-refractivity contribution is 5.97. The summed E-state index contributed by atoms with van der Waals surface area (Å²) in [6.45, 7) is 4.41. The monoisotopic (exact) mass is 798 g/mol. The summed E-state index contributed by atoms with van der Waals surface area (Å²) in [6.07, 6.45) is 6.78. The van der Waals surface area contributed by atoms with E-state index in [0.717, 1.165) is 11.1 Å². The second-order valence-electron chi connectivity index (χ2n) is 15.4. The minimum Gasteiger partial charge on any atom is -0.348 e. The summed E-state index contributed by atoms with van der Waals surface area (Å²) < 4.78 is 0. The van der Waals surface area contributed by atoms with Crippen LogP contribution in [0.5, 0.6) is 0 Å². The number of hydrogen-bond donors (Lipinski definition) is 6. The van der Waals surface area contributed by atoms with E-state index in [-0.39, 0.29) is 25.3 Å². The van der Waals surface area contributed by atoms with E-state index in [2.05, 4.69) is 26.0 Å². The average Bonchev–Trinajstić information content (AvgIpc) is 3.97. The number of aromatic nitrogens is 2. The van der Waals surface area contributed by atoms with Gasteiger partial charge in [0.2, 0.25) is 29.5 Å². The average molecular weight is 799 g/mol. The van der Waals surface area contributed by atoms with Gasteiger partial charge in [0.1, 0.15) is 30.2 Å². The van der Waals surface area contributed by atoms with Crippen LogP contribution in [0, 0.1) is 5.92 Å². The molecule has 2 fully saturated rings. The molecule has 8 N–H and O–H groups in total. The molecule has 1 unspecified atom stereocenters. The molecule has 0 aliphatic carbocycles. The van der Waals surface area contributed by atoms with Crippen molar-refractivity contribution < 1.29 is 28.8 Å². The summed E-state index contributed by atoms with van der Waals surface area (Å²) in [5.41, 5.74) is 10.7. The number of H-pyrrole nitrogens is 1. The predicted octanol–water partition coefficient (Wildman–Crippen LogP) is 0.970. The summed E-state index contributed by atoms with van der Waals surface area (Å²) >= 11 is 0. The van der Waals surface area contributed by atoms with Gasteiger partial charge in [-0.2, -0.15) is 0 Å². The van der Waals surface area contributed by atoms with Crippen molar-refractivity contribution >= 4 is 35.4 Å². The number of carbonyl (C=O) groups is 6. The van der Waals surface area contributed by atoms with E-state index in [1.165, 1.54) is 28.1 Å². The number of hydrogen-bond acceptors (Lipinski definition) is 9. The highest BCUT2D eigenvalue weighted by atomic mass is 16.2. The minimum atomic E-state index is -1.16. The molecule has 0 bridgehead atoms. The maximum Gasteiger partial charge on any atom is 0.256 e. The molecule has 0 radical (unpaired) electrons. The first-order chi connectivity index (χ1) is 27.9. The summed E-state index contributed by atoms with van der Waals surface area (Å²) in [5.74, 6) is 2.38. The van der Waals surface area contributed by atoms with Gasteiger partial charge >= 0.3 is 0 Å². The summed E-state index contributed by atoms with van der Waals surface area (Å²) in [5, 5.41) is 5.84. The van der Waals surface area contributed by atoms with Crippen molar-refractivity contribution in [3.63, 3.8) is 0 Å². The van der Waals surface area contributed by atoms with Gasteiger partial charge < -0.3 is 36.1 Å². The number of nitrogens with two attached hydrogens (primary N) is 2. The molecular formula is C42H58N10O6. The molecule has 2 aliphatic rings. The Kier molecular flexibility index (Phi) is 15.5. The molecule has 3 heterocycles. The lowest BCUT2D eigenvalue weighted by atomic mass is 9.93. The standard InChI is InChI=1S/C42H58N10O6/c1-4-27(2)36(48-37(53)31(43)22-28-14-7-5-8-15-28)42(58)52-20-12-11-18-33(52)38(54)47-32(24-30-25-45-26-46-30)40(56)50(3)35(23-29-16-9-6-10-17-29)41(57)51-21-13-19-34(51)39(55)49-44/h5-10,14-17,25-27,31-36H,4,11-13,18-24,43-44H2,1-3H3,(H,45,46)(H,47,54)(H,48,53)(H,49,55)/t27?,31-,32+,33-,34+,35-,36+/m1/s1. The quantitative estimate of drug-likeness (QED) is 0.0649. The van der Waals surface area contributed by atoms with Crippen LogP contribution in [0.3, 0.4) is 0 Å². The van der Waals surface area contributed by atoms with Gasteiger partial charge in [-0.1, -0.05) is 80.9 Å². The number of aromatic amines is 1. The van der Waals surface area contributed by atoms with E-state index >= 15 is 0 Å². The number of amides is 6. The molecule has 16 heteroatoms. The first-order valence-electron chi connectivity index (χ1n) is 20.2. The van der Waals surface area contributed by atoms with Crippen molar-refractivity contribution in [3.8, 4) is 0 Å². The van der Waals surface area contributed by atoms with Crippen LogP contribution < -0.4 is 27.6 Å². The Bertz CT molecular complexity index is 1840. The van der Waals surface area contributed by atoms with Crippen molar-refractivity contribution in [3.05, 3.63) is 90.0 Å². The number of likely N-dealkylation sites (N-methyl/N-ethyl adjacent to an activating group) is 1. The molecule has 2 saturated heterocycles. The van der Waals surface area contributed by atoms with E-state index in [1.54, 1.807) is 6.20 Å². The zero-order valence-electron chi connectivity index (χ0n) is 33.6. The van der Waals surface area contributed by atoms with E-state index in [0.29, 0.717) is 57.2 Å². The topological polar surface area (TPSA) is 229 Å². The molecule has 2 aliphatic heterocycles. The number of piperidine rings is 1.